The Kier molecular flexibility index (Phi) is 4.99. The Hall–Kier alpha value is -2.29. The SMILES string of the molecule is COc1ccc(C(NC(=O)c2ccccc2)C(C)C)cc1. The third kappa shape index (κ3) is 3.85. The fraction of sp³-hybridized carbons (Fsp3) is 0.278. The average molecular weight is 283 g/mol. The number of nitrogens with one attached hydrogen (secondary N) is 1. The van der Waals surface area contributed by atoms with Crippen LogP contribution in [-0.2, 0) is 0 Å². The maximum atomic E-state index is 12.3. The molecule has 2 aromatic carbocycles. The summed E-state index contributed by atoms with van der Waals surface area (Å²) in [6.45, 7) is 4.19. The maximum absolute atomic E-state index is 12.3. The summed E-state index contributed by atoms with van der Waals surface area (Å²) in [5, 5.41) is 3.11. The van der Waals surface area contributed by atoms with Crippen LogP contribution < -0.4 is 10.1 Å². The first-order valence-corrected chi connectivity index (χ1v) is 7.11. The molecule has 1 unspecified atom stereocenters. The second kappa shape index (κ2) is 6.93. The molecule has 0 saturated heterocycles. The molecule has 1 atom stereocenters. The smallest absolute Gasteiger partial charge is 0.251 e. The normalized spacial score (nSPS) is 12.0. The average Bonchev–Trinajstić information content (AvgIpc) is 2.53. The van der Waals surface area contributed by atoms with E-state index < -0.39 is 0 Å². The summed E-state index contributed by atoms with van der Waals surface area (Å²) in [5.74, 6) is 1.06. The van der Waals surface area contributed by atoms with Gasteiger partial charge in [-0.05, 0) is 35.7 Å². The number of rotatable bonds is 5. The quantitative estimate of drug-likeness (QED) is 0.906. The van der Waals surface area contributed by atoms with E-state index in [-0.39, 0.29) is 11.9 Å². The van der Waals surface area contributed by atoms with Gasteiger partial charge in [-0.3, -0.25) is 4.79 Å². The van der Waals surface area contributed by atoms with Crippen molar-refractivity contribution in [2.75, 3.05) is 7.11 Å². The monoisotopic (exact) mass is 283 g/mol. The van der Waals surface area contributed by atoms with Crippen LogP contribution in [0, 0.1) is 5.92 Å². The van der Waals surface area contributed by atoms with Crippen LogP contribution >= 0.6 is 0 Å². The minimum atomic E-state index is -0.0508. The molecule has 1 N–H and O–H groups in total. The van der Waals surface area contributed by atoms with Crippen molar-refractivity contribution >= 4 is 5.91 Å². The lowest BCUT2D eigenvalue weighted by Gasteiger charge is -2.23. The van der Waals surface area contributed by atoms with Crippen molar-refractivity contribution in [3.05, 3.63) is 65.7 Å². The Balaban J connectivity index is 2.17. The molecule has 0 radical (unpaired) electrons. The largest absolute Gasteiger partial charge is 0.497 e. The highest BCUT2D eigenvalue weighted by atomic mass is 16.5. The van der Waals surface area contributed by atoms with Gasteiger partial charge in [0.1, 0.15) is 5.75 Å². The number of benzene rings is 2. The zero-order valence-corrected chi connectivity index (χ0v) is 12.7. The molecule has 3 nitrogen and oxygen atoms in total. The molecule has 110 valence electrons. The van der Waals surface area contributed by atoms with Gasteiger partial charge in [0.2, 0.25) is 0 Å². The van der Waals surface area contributed by atoms with Gasteiger partial charge in [-0.2, -0.15) is 0 Å². The maximum Gasteiger partial charge on any atom is 0.251 e. The van der Waals surface area contributed by atoms with Crippen LogP contribution in [-0.4, -0.2) is 13.0 Å². The molecule has 0 aliphatic rings. The Morgan fingerprint density at radius 2 is 1.62 bits per heavy atom. The predicted octanol–water partition coefficient (Wildman–Crippen LogP) is 3.82. The first-order chi connectivity index (χ1) is 10.1. The van der Waals surface area contributed by atoms with E-state index in [0.717, 1.165) is 11.3 Å². The van der Waals surface area contributed by atoms with Crippen molar-refractivity contribution < 1.29 is 9.53 Å². The summed E-state index contributed by atoms with van der Waals surface area (Å²) in [7, 11) is 1.64. The third-order valence-corrected chi connectivity index (χ3v) is 3.46. The fourth-order valence-corrected chi connectivity index (χ4v) is 2.26. The van der Waals surface area contributed by atoms with Gasteiger partial charge in [0.05, 0.1) is 13.2 Å². The highest BCUT2D eigenvalue weighted by Crippen LogP contribution is 2.24. The topological polar surface area (TPSA) is 38.3 Å². The van der Waals surface area contributed by atoms with E-state index in [0.29, 0.717) is 11.5 Å². The third-order valence-electron chi connectivity index (χ3n) is 3.46. The van der Waals surface area contributed by atoms with Gasteiger partial charge >= 0.3 is 0 Å². The van der Waals surface area contributed by atoms with Crippen molar-refractivity contribution in [2.45, 2.75) is 19.9 Å². The molecule has 2 rings (SSSR count). The molecule has 2 aromatic rings. The fourth-order valence-electron chi connectivity index (χ4n) is 2.26. The van der Waals surface area contributed by atoms with Crippen molar-refractivity contribution in [3.8, 4) is 5.75 Å². The lowest BCUT2D eigenvalue weighted by Crippen LogP contribution is -2.31. The van der Waals surface area contributed by atoms with E-state index >= 15 is 0 Å². The Labute approximate surface area is 126 Å². The van der Waals surface area contributed by atoms with Gasteiger partial charge in [0.15, 0.2) is 0 Å². The van der Waals surface area contributed by atoms with Crippen LogP contribution in [0.1, 0.15) is 35.8 Å². The van der Waals surface area contributed by atoms with Gasteiger partial charge in [-0.15, -0.1) is 0 Å². The minimum Gasteiger partial charge on any atom is -0.497 e. The summed E-state index contributed by atoms with van der Waals surface area (Å²) in [6.07, 6.45) is 0. The van der Waals surface area contributed by atoms with Gasteiger partial charge < -0.3 is 10.1 Å². The van der Waals surface area contributed by atoms with Gasteiger partial charge in [0.25, 0.3) is 5.91 Å². The van der Waals surface area contributed by atoms with Crippen LogP contribution in [0.25, 0.3) is 0 Å². The molecule has 0 heterocycles. The number of carbonyl (C=O) groups excluding carboxylic acids is 1. The molecule has 21 heavy (non-hydrogen) atoms. The molecule has 0 saturated carbocycles. The Bertz CT molecular complexity index is 576. The lowest BCUT2D eigenvalue weighted by atomic mass is 9.95. The summed E-state index contributed by atoms with van der Waals surface area (Å²) in [5.41, 5.74) is 1.76. The number of amides is 1. The van der Waals surface area contributed by atoms with Gasteiger partial charge in [-0.1, -0.05) is 44.2 Å². The number of carbonyl (C=O) groups is 1. The summed E-state index contributed by atoms with van der Waals surface area (Å²) in [6, 6.07) is 17.1. The van der Waals surface area contributed by atoms with Crippen LogP contribution in [0.5, 0.6) is 5.75 Å². The van der Waals surface area contributed by atoms with E-state index in [1.165, 1.54) is 0 Å². The molecule has 1 amide bonds. The second-order valence-electron chi connectivity index (χ2n) is 5.33. The number of ether oxygens (including phenoxy) is 1. The van der Waals surface area contributed by atoms with E-state index in [9.17, 15) is 4.79 Å². The molecule has 0 fully saturated rings. The molecule has 0 spiro atoms. The van der Waals surface area contributed by atoms with Gasteiger partial charge in [-0.25, -0.2) is 0 Å². The molecular weight excluding hydrogens is 262 g/mol. The van der Waals surface area contributed by atoms with E-state index in [4.69, 9.17) is 4.74 Å². The number of methoxy groups -OCH3 is 1. The molecule has 0 aliphatic heterocycles. The van der Waals surface area contributed by atoms with Crippen LogP contribution in [0.4, 0.5) is 0 Å². The Morgan fingerprint density at radius 1 is 1.00 bits per heavy atom. The van der Waals surface area contributed by atoms with E-state index in [1.54, 1.807) is 7.11 Å². The number of hydrogen-bond donors (Lipinski definition) is 1. The second-order valence-corrected chi connectivity index (χ2v) is 5.33. The minimum absolute atomic E-state index is 0.0244. The molecule has 0 bridgehead atoms. The number of hydrogen-bond acceptors (Lipinski definition) is 2. The predicted molar refractivity (Wildman–Crippen MR) is 84.5 cm³/mol. The van der Waals surface area contributed by atoms with E-state index in [2.05, 4.69) is 19.2 Å². The summed E-state index contributed by atoms with van der Waals surface area (Å²) < 4.78 is 5.17. The Morgan fingerprint density at radius 3 is 2.14 bits per heavy atom. The van der Waals surface area contributed by atoms with Gasteiger partial charge in [0, 0.05) is 5.56 Å². The van der Waals surface area contributed by atoms with Crippen molar-refractivity contribution in [1.29, 1.82) is 0 Å². The van der Waals surface area contributed by atoms with Crippen molar-refractivity contribution in [3.63, 3.8) is 0 Å². The zero-order valence-electron chi connectivity index (χ0n) is 12.7. The van der Waals surface area contributed by atoms with Crippen LogP contribution in [0.15, 0.2) is 54.6 Å². The molecule has 0 aromatic heterocycles. The van der Waals surface area contributed by atoms with E-state index in [1.807, 2.05) is 54.6 Å². The zero-order chi connectivity index (χ0) is 15.2. The highest BCUT2D eigenvalue weighted by Gasteiger charge is 2.19. The van der Waals surface area contributed by atoms with Crippen molar-refractivity contribution in [1.82, 2.24) is 5.32 Å². The highest BCUT2D eigenvalue weighted by molar-refractivity contribution is 5.94. The van der Waals surface area contributed by atoms with Crippen LogP contribution in [0.3, 0.4) is 0 Å². The molecular formula is C18H21NO2. The molecule has 3 heteroatoms. The first-order valence-electron chi connectivity index (χ1n) is 7.11. The summed E-state index contributed by atoms with van der Waals surface area (Å²) >= 11 is 0. The summed E-state index contributed by atoms with van der Waals surface area (Å²) in [4.78, 5) is 12.3. The lowest BCUT2D eigenvalue weighted by molar-refractivity contribution is 0.0925. The standard InChI is InChI=1S/C18H21NO2/c1-13(2)17(14-9-11-16(21-3)12-10-14)19-18(20)15-7-5-4-6-8-15/h4-13,17H,1-3H3,(H,19,20). The molecule has 0 aliphatic carbocycles. The van der Waals surface area contributed by atoms with Crippen molar-refractivity contribution in [2.24, 2.45) is 5.92 Å². The van der Waals surface area contributed by atoms with Crippen LogP contribution in [0.2, 0.25) is 0 Å². The first kappa shape index (κ1) is 15.1.